The number of ether oxygens (including phenoxy) is 1. The molecular weight excluding hydrogens is 448 g/mol. The Morgan fingerprint density at radius 2 is 1.94 bits per heavy atom. The number of ketones is 1. The summed E-state index contributed by atoms with van der Waals surface area (Å²) in [7, 11) is 0. The molecule has 3 aliphatic rings. The first-order chi connectivity index (χ1) is 17.4. The molecule has 6 nitrogen and oxygen atoms in total. The van der Waals surface area contributed by atoms with E-state index in [2.05, 4.69) is 46.7 Å². The zero-order valence-electron chi connectivity index (χ0n) is 20.9. The lowest BCUT2D eigenvalue weighted by Gasteiger charge is -2.46. The SMILES string of the molecule is C#Cc1cc2c(cc1N1CCCCC1N1CCOCC1)C(C)(C)c1[nH]c3cc(C#N)ccc3c1C2=O. The van der Waals surface area contributed by atoms with Crippen molar-refractivity contribution in [3.63, 3.8) is 0 Å². The van der Waals surface area contributed by atoms with Gasteiger partial charge in [0.1, 0.15) is 0 Å². The molecule has 1 unspecified atom stereocenters. The first-order valence-corrected chi connectivity index (χ1v) is 12.8. The number of morpholine rings is 1. The Kier molecular flexibility index (Phi) is 5.41. The van der Waals surface area contributed by atoms with Crippen molar-refractivity contribution >= 4 is 22.4 Å². The average Bonchev–Trinajstić information content (AvgIpc) is 3.32. The van der Waals surface area contributed by atoms with Crippen LogP contribution in [0.2, 0.25) is 0 Å². The summed E-state index contributed by atoms with van der Waals surface area (Å²) in [6, 6.07) is 11.8. The van der Waals surface area contributed by atoms with Crippen LogP contribution in [0.1, 0.15) is 71.4 Å². The maximum atomic E-state index is 13.9. The van der Waals surface area contributed by atoms with Crippen LogP contribution in [0, 0.1) is 23.7 Å². The van der Waals surface area contributed by atoms with Gasteiger partial charge >= 0.3 is 0 Å². The summed E-state index contributed by atoms with van der Waals surface area (Å²) in [5.41, 5.74) is 6.01. The van der Waals surface area contributed by atoms with Crippen LogP contribution in [-0.4, -0.2) is 54.7 Å². The minimum Gasteiger partial charge on any atom is -0.379 e. The number of nitriles is 1. The fourth-order valence-corrected chi connectivity index (χ4v) is 6.34. The van der Waals surface area contributed by atoms with Gasteiger partial charge in [-0.25, -0.2) is 0 Å². The van der Waals surface area contributed by atoms with E-state index in [4.69, 9.17) is 11.2 Å². The van der Waals surface area contributed by atoms with Gasteiger partial charge in [-0.1, -0.05) is 25.8 Å². The second kappa shape index (κ2) is 8.52. The van der Waals surface area contributed by atoms with Crippen molar-refractivity contribution < 1.29 is 9.53 Å². The van der Waals surface area contributed by atoms with E-state index in [0.717, 1.165) is 79.1 Å². The first-order valence-electron chi connectivity index (χ1n) is 12.8. The maximum absolute atomic E-state index is 13.9. The van der Waals surface area contributed by atoms with E-state index in [1.54, 1.807) is 6.07 Å². The lowest BCUT2D eigenvalue weighted by atomic mass is 9.70. The summed E-state index contributed by atoms with van der Waals surface area (Å²) in [6.07, 6.45) is 9.76. The molecule has 0 radical (unpaired) electrons. The summed E-state index contributed by atoms with van der Waals surface area (Å²) in [4.78, 5) is 22.4. The van der Waals surface area contributed by atoms with Gasteiger partial charge in [-0.3, -0.25) is 9.69 Å². The van der Waals surface area contributed by atoms with E-state index in [9.17, 15) is 10.1 Å². The van der Waals surface area contributed by atoms with Crippen molar-refractivity contribution in [2.45, 2.75) is 44.7 Å². The summed E-state index contributed by atoms with van der Waals surface area (Å²) >= 11 is 0. The van der Waals surface area contributed by atoms with E-state index in [-0.39, 0.29) is 11.9 Å². The van der Waals surface area contributed by atoms with Crippen LogP contribution in [0.25, 0.3) is 10.9 Å². The van der Waals surface area contributed by atoms with Crippen LogP contribution >= 0.6 is 0 Å². The Morgan fingerprint density at radius 3 is 2.69 bits per heavy atom. The number of benzene rings is 2. The minimum absolute atomic E-state index is 0.0123. The number of fused-ring (bicyclic) bond motifs is 4. The van der Waals surface area contributed by atoms with Gasteiger partial charge in [0.25, 0.3) is 0 Å². The molecule has 0 saturated carbocycles. The van der Waals surface area contributed by atoms with Crippen LogP contribution in [0.5, 0.6) is 0 Å². The average molecular weight is 479 g/mol. The molecule has 3 heterocycles. The predicted octanol–water partition coefficient (Wildman–Crippen LogP) is 4.54. The van der Waals surface area contributed by atoms with Gasteiger partial charge in [0.05, 0.1) is 42.3 Å². The Hall–Kier alpha value is -3.58. The number of anilines is 1. The molecule has 0 spiro atoms. The molecule has 1 aliphatic carbocycles. The molecule has 1 N–H and O–H groups in total. The van der Waals surface area contributed by atoms with Gasteiger partial charge in [-0.15, -0.1) is 6.42 Å². The van der Waals surface area contributed by atoms with Gasteiger partial charge in [0.15, 0.2) is 5.78 Å². The molecule has 182 valence electrons. The Morgan fingerprint density at radius 1 is 1.14 bits per heavy atom. The molecule has 2 aliphatic heterocycles. The van der Waals surface area contributed by atoms with Crippen molar-refractivity contribution in [3.8, 4) is 18.4 Å². The normalized spacial score (nSPS) is 21.5. The van der Waals surface area contributed by atoms with Gasteiger partial charge in [-0.05, 0) is 49.1 Å². The van der Waals surface area contributed by atoms with E-state index in [1.807, 2.05) is 18.2 Å². The highest BCUT2D eigenvalue weighted by molar-refractivity contribution is 6.20. The minimum atomic E-state index is -0.434. The number of hydrogen-bond donors (Lipinski definition) is 1. The molecule has 1 atom stereocenters. The predicted molar refractivity (Wildman–Crippen MR) is 140 cm³/mol. The van der Waals surface area contributed by atoms with Crippen molar-refractivity contribution in [2.75, 3.05) is 37.7 Å². The number of aromatic amines is 1. The van der Waals surface area contributed by atoms with Crippen molar-refractivity contribution in [1.29, 1.82) is 5.26 Å². The molecule has 3 aromatic rings. The van der Waals surface area contributed by atoms with Crippen molar-refractivity contribution in [2.24, 2.45) is 0 Å². The molecule has 2 fully saturated rings. The van der Waals surface area contributed by atoms with Crippen LogP contribution in [0.4, 0.5) is 5.69 Å². The highest BCUT2D eigenvalue weighted by Crippen LogP contribution is 2.46. The zero-order chi connectivity index (χ0) is 25.0. The summed E-state index contributed by atoms with van der Waals surface area (Å²) in [5, 5.41) is 10.2. The second-order valence-corrected chi connectivity index (χ2v) is 10.6. The molecule has 2 saturated heterocycles. The number of nitrogens with zero attached hydrogens (tertiary/aromatic N) is 3. The van der Waals surface area contributed by atoms with Crippen molar-refractivity contribution in [3.05, 3.63) is 63.8 Å². The van der Waals surface area contributed by atoms with Gasteiger partial charge in [-0.2, -0.15) is 5.26 Å². The van der Waals surface area contributed by atoms with Crippen LogP contribution in [0.3, 0.4) is 0 Å². The molecular formula is C30H30N4O2. The summed E-state index contributed by atoms with van der Waals surface area (Å²) < 4.78 is 5.61. The molecule has 36 heavy (non-hydrogen) atoms. The van der Waals surface area contributed by atoms with E-state index in [1.165, 1.54) is 6.42 Å². The van der Waals surface area contributed by atoms with Gasteiger partial charge < -0.3 is 14.6 Å². The molecule has 0 amide bonds. The number of terminal acetylenes is 1. The number of H-pyrrole nitrogens is 1. The lowest BCUT2D eigenvalue weighted by Crippen LogP contribution is -2.54. The number of carbonyl (C=O) groups excluding carboxylic acids is 1. The number of piperidine rings is 1. The first kappa shape index (κ1) is 22.9. The molecule has 6 rings (SSSR count). The van der Waals surface area contributed by atoms with E-state index < -0.39 is 5.41 Å². The molecule has 6 heteroatoms. The largest absolute Gasteiger partial charge is 0.379 e. The fraction of sp³-hybridized carbons (Fsp3) is 0.400. The van der Waals surface area contributed by atoms with E-state index in [0.29, 0.717) is 16.7 Å². The number of nitrogens with one attached hydrogen (secondary N) is 1. The van der Waals surface area contributed by atoms with Crippen LogP contribution in [-0.2, 0) is 10.2 Å². The van der Waals surface area contributed by atoms with Crippen LogP contribution in [0.15, 0.2) is 30.3 Å². The fourth-order valence-electron chi connectivity index (χ4n) is 6.34. The Balaban J connectivity index is 1.50. The van der Waals surface area contributed by atoms with Crippen LogP contribution < -0.4 is 4.90 Å². The third kappa shape index (κ3) is 3.37. The topological polar surface area (TPSA) is 72.4 Å². The number of aromatic nitrogens is 1. The Bertz CT molecular complexity index is 1460. The number of rotatable bonds is 2. The van der Waals surface area contributed by atoms with Crippen molar-refractivity contribution in [1.82, 2.24) is 9.88 Å². The number of carbonyl (C=O) groups is 1. The Labute approximate surface area is 211 Å². The zero-order valence-corrected chi connectivity index (χ0v) is 20.9. The second-order valence-electron chi connectivity index (χ2n) is 10.6. The highest BCUT2D eigenvalue weighted by atomic mass is 16.5. The third-order valence-corrected chi connectivity index (χ3v) is 8.24. The molecule has 1 aromatic heterocycles. The number of hydrogen-bond acceptors (Lipinski definition) is 5. The van der Waals surface area contributed by atoms with E-state index >= 15 is 0 Å². The summed E-state index contributed by atoms with van der Waals surface area (Å²) in [5.74, 6) is 2.89. The quantitative estimate of drug-likeness (QED) is 0.548. The standard InChI is InChI=1S/C30H30N4O2/c1-4-20-16-22-23(17-25(20)34-10-6-5-7-26(34)33-11-13-36-14-12-33)30(2,3)29-27(28(22)35)21-9-8-19(18-31)15-24(21)32-29/h1,8-9,15-17,26,32H,5-7,10-14H2,2-3H3. The monoisotopic (exact) mass is 478 g/mol. The van der Waals surface area contributed by atoms with Gasteiger partial charge in [0, 0.05) is 52.8 Å². The highest BCUT2D eigenvalue weighted by Gasteiger charge is 2.41. The molecule has 2 aromatic carbocycles. The lowest BCUT2D eigenvalue weighted by molar-refractivity contribution is 0.0107. The van der Waals surface area contributed by atoms with Gasteiger partial charge in [0.2, 0.25) is 0 Å². The third-order valence-electron chi connectivity index (χ3n) is 8.24. The maximum Gasteiger partial charge on any atom is 0.195 e. The molecule has 0 bridgehead atoms. The smallest absolute Gasteiger partial charge is 0.195 e. The summed E-state index contributed by atoms with van der Waals surface area (Å²) in [6.45, 7) is 8.62.